The standard InChI is InChI=1S/C15H12ClN3O2/c1-18-11-7-8-17-13(9-5-3-4-6-10(9)16)12(11)14(20)19(2)15(18)21/h3-8H,1-2H3. The molecular weight excluding hydrogens is 290 g/mol. The number of rotatable bonds is 1. The van der Waals surface area contributed by atoms with Crippen molar-refractivity contribution in [2.45, 2.75) is 0 Å². The number of aryl methyl sites for hydroxylation is 1. The minimum Gasteiger partial charge on any atom is -0.296 e. The lowest BCUT2D eigenvalue weighted by atomic mass is 10.1. The number of hydrogen-bond acceptors (Lipinski definition) is 3. The molecule has 0 bridgehead atoms. The average molecular weight is 302 g/mol. The van der Waals surface area contributed by atoms with Crippen LogP contribution in [0.25, 0.3) is 22.2 Å². The third kappa shape index (κ3) is 1.97. The van der Waals surface area contributed by atoms with Gasteiger partial charge in [-0.3, -0.25) is 18.9 Å². The molecule has 1 aromatic carbocycles. The van der Waals surface area contributed by atoms with Crippen molar-refractivity contribution < 1.29 is 0 Å². The van der Waals surface area contributed by atoms with Gasteiger partial charge in [-0.25, -0.2) is 4.79 Å². The predicted molar refractivity (Wildman–Crippen MR) is 82.7 cm³/mol. The molecule has 3 aromatic rings. The SMILES string of the molecule is Cn1c(=O)c2c(-c3ccccc3Cl)nccc2n(C)c1=O. The average Bonchev–Trinajstić information content (AvgIpc) is 2.50. The molecule has 0 aliphatic carbocycles. The van der Waals surface area contributed by atoms with Gasteiger partial charge in [0.1, 0.15) is 0 Å². The summed E-state index contributed by atoms with van der Waals surface area (Å²) in [6.45, 7) is 0. The number of aromatic nitrogens is 3. The van der Waals surface area contributed by atoms with Crippen LogP contribution in [0.5, 0.6) is 0 Å². The number of nitrogens with zero attached hydrogens (tertiary/aromatic N) is 3. The first-order chi connectivity index (χ1) is 10.0. The fourth-order valence-corrected chi connectivity index (χ4v) is 2.61. The largest absolute Gasteiger partial charge is 0.330 e. The van der Waals surface area contributed by atoms with E-state index in [1.54, 1.807) is 31.4 Å². The van der Waals surface area contributed by atoms with Crippen LogP contribution in [0.1, 0.15) is 0 Å². The normalized spacial score (nSPS) is 11.0. The van der Waals surface area contributed by atoms with E-state index in [1.165, 1.54) is 11.6 Å². The maximum atomic E-state index is 12.5. The summed E-state index contributed by atoms with van der Waals surface area (Å²) >= 11 is 6.20. The van der Waals surface area contributed by atoms with Crippen molar-refractivity contribution in [3.05, 3.63) is 62.4 Å². The molecule has 6 heteroatoms. The summed E-state index contributed by atoms with van der Waals surface area (Å²) in [5.41, 5.74) is 0.933. The quantitative estimate of drug-likeness (QED) is 0.690. The Morgan fingerprint density at radius 1 is 1.05 bits per heavy atom. The van der Waals surface area contributed by atoms with E-state index in [9.17, 15) is 9.59 Å². The highest BCUT2D eigenvalue weighted by Gasteiger charge is 2.15. The minimum atomic E-state index is -0.379. The van der Waals surface area contributed by atoms with Crippen LogP contribution in [0.15, 0.2) is 46.1 Å². The topological polar surface area (TPSA) is 56.9 Å². The molecule has 3 rings (SSSR count). The van der Waals surface area contributed by atoms with E-state index in [4.69, 9.17) is 11.6 Å². The third-order valence-corrected chi connectivity index (χ3v) is 3.84. The van der Waals surface area contributed by atoms with Crippen LogP contribution >= 0.6 is 11.6 Å². The van der Waals surface area contributed by atoms with E-state index >= 15 is 0 Å². The van der Waals surface area contributed by atoms with Gasteiger partial charge in [-0.2, -0.15) is 0 Å². The lowest BCUT2D eigenvalue weighted by Crippen LogP contribution is -2.37. The van der Waals surface area contributed by atoms with Crippen LogP contribution in [0, 0.1) is 0 Å². The summed E-state index contributed by atoms with van der Waals surface area (Å²) in [5, 5.41) is 0.892. The van der Waals surface area contributed by atoms with Gasteiger partial charge in [-0.15, -0.1) is 0 Å². The molecule has 0 N–H and O–H groups in total. The van der Waals surface area contributed by atoms with Crippen LogP contribution in [0.2, 0.25) is 5.02 Å². The van der Waals surface area contributed by atoms with Gasteiger partial charge in [0.05, 0.1) is 16.6 Å². The zero-order chi connectivity index (χ0) is 15.1. The van der Waals surface area contributed by atoms with E-state index < -0.39 is 0 Å². The maximum absolute atomic E-state index is 12.5. The molecule has 0 fully saturated rings. The number of halogens is 1. The number of hydrogen-bond donors (Lipinski definition) is 0. The molecule has 106 valence electrons. The first-order valence-electron chi connectivity index (χ1n) is 6.32. The first kappa shape index (κ1) is 13.6. The molecule has 5 nitrogen and oxygen atoms in total. The lowest BCUT2D eigenvalue weighted by molar-refractivity contribution is 0.713. The second-order valence-corrected chi connectivity index (χ2v) is 5.15. The fraction of sp³-hybridized carbons (Fsp3) is 0.133. The van der Waals surface area contributed by atoms with Crippen LogP contribution < -0.4 is 11.2 Å². The Bertz CT molecular complexity index is 973. The molecule has 0 atom stereocenters. The summed E-state index contributed by atoms with van der Waals surface area (Å²) in [6.07, 6.45) is 1.57. The monoisotopic (exact) mass is 301 g/mol. The van der Waals surface area contributed by atoms with Crippen LogP contribution in [0.3, 0.4) is 0 Å². The number of benzene rings is 1. The number of pyridine rings is 1. The van der Waals surface area contributed by atoms with Gasteiger partial charge in [0.15, 0.2) is 0 Å². The Hall–Kier alpha value is -2.40. The summed E-state index contributed by atoms with van der Waals surface area (Å²) in [5.74, 6) is 0. The summed E-state index contributed by atoms with van der Waals surface area (Å²) in [4.78, 5) is 28.8. The Morgan fingerprint density at radius 2 is 1.76 bits per heavy atom. The Balaban J connectivity index is 2.56. The molecule has 0 saturated heterocycles. The van der Waals surface area contributed by atoms with Crippen LogP contribution in [0.4, 0.5) is 0 Å². The van der Waals surface area contributed by atoms with Crippen molar-refractivity contribution in [3.8, 4) is 11.3 Å². The van der Waals surface area contributed by atoms with E-state index in [0.717, 1.165) is 4.57 Å². The van der Waals surface area contributed by atoms with Crippen molar-refractivity contribution in [1.29, 1.82) is 0 Å². The van der Waals surface area contributed by atoms with Gasteiger partial charge in [0.25, 0.3) is 5.56 Å². The Kier molecular flexibility index (Phi) is 3.14. The predicted octanol–water partition coefficient (Wildman–Crippen LogP) is 1.95. The van der Waals surface area contributed by atoms with Gasteiger partial charge in [0, 0.05) is 30.9 Å². The molecule has 0 amide bonds. The first-order valence-corrected chi connectivity index (χ1v) is 6.70. The molecule has 2 heterocycles. The molecule has 21 heavy (non-hydrogen) atoms. The zero-order valence-corrected chi connectivity index (χ0v) is 12.3. The highest BCUT2D eigenvalue weighted by molar-refractivity contribution is 6.33. The molecule has 0 aliphatic heterocycles. The van der Waals surface area contributed by atoms with Crippen molar-refractivity contribution in [1.82, 2.24) is 14.1 Å². The van der Waals surface area contributed by atoms with Crippen molar-refractivity contribution in [2.24, 2.45) is 14.1 Å². The van der Waals surface area contributed by atoms with Crippen molar-refractivity contribution in [2.75, 3.05) is 0 Å². The van der Waals surface area contributed by atoms with Gasteiger partial charge in [-0.05, 0) is 12.1 Å². The van der Waals surface area contributed by atoms with E-state index in [-0.39, 0.29) is 11.2 Å². The Morgan fingerprint density at radius 3 is 2.48 bits per heavy atom. The van der Waals surface area contributed by atoms with Crippen molar-refractivity contribution >= 4 is 22.5 Å². The molecule has 0 unspecified atom stereocenters. The van der Waals surface area contributed by atoms with Crippen LogP contribution in [-0.2, 0) is 14.1 Å². The second kappa shape index (κ2) is 4.86. The summed E-state index contributed by atoms with van der Waals surface area (Å²) in [6, 6.07) is 8.83. The molecule has 0 radical (unpaired) electrons. The maximum Gasteiger partial charge on any atom is 0.330 e. The second-order valence-electron chi connectivity index (χ2n) is 4.74. The van der Waals surface area contributed by atoms with E-state index in [2.05, 4.69) is 4.98 Å². The molecule has 0 spiro atoms. The van der Waals surface area contributed by atoms with Gasteiger partial charge in [-0.1, -0.05) is 29.8 Å². The van der Waals surface area contributed by atoms with Gasteiger partial charge in [0.2, 0.25) is 0 Å². The van der Waals surface area contributed by atoms with Gasteiger partial charge >= 0.3 is 5.69 Å². The number of fused-ring (bicyclic) bond motifs is 1. The van der Waals surface area contributed by atoms with Crippen molar-refractivity contribution in [3.63, 3.8) is 0 Å². The molecular formula is C15H12ClN3O2. The molecule has 2 aromatic heterocycles. The van der Waals surface area contributed by atoms with E-state index in [1.807, 2.05) is 12.1 Å². The Labute approximate surface area is 125 Å². The summed E-state index contributed by atoms with van der Waals surface area (Å²) < 4.78 is 2.50. The summed E-state index contributed by atoms with van der Waals surface area (Å²) in [7, 11) is 3.08. The molecule has 0 aliphatic rings. The molecule has 0 saturated carbocycles. The van der Waals surface area contributed by atoms with E-state index in [0.29, 0.717) is 27.2 Å². The fourth-order valence-electron chi connectivity index (χ4n) is 2.38. The third-order valence-electron chi connectivity index (χ3n) is 3.51. The highest BCUT2D eigenvalue weighted by Crippen LogP contribution is 2.29. The highest BCUT2D eigenvalue weighted by atomic mass is 35.5. The lowest BCUT2D eigenvalue weighted by Gasteiger charge is -2.11. The van der Waals surface area contributed by atoms with Gasteiger partial charge < -0.3 is 0 Å². The minimum absolute atomic E-state index is 0.371. The zero-order valence-electron chi connectivity index (χ0n) is 11.5. The van der Waals surface area contributed by atoms with Crippen LogP contribution in [-0.4, -0.2) is 14.1 Å². The smallest absolute Gasteiger partial charge is 0.296 e.